The van der Waals surface area contributed by atoms with Crippen molar-refractivity contribution in [3.63, 3.8) is 0 Å². The van der Waals surface area contributed by atoms with E-state index in [1.807, 2.05) is 43.3 Å². The van der Waals surface area contributed by atoms with E-state index in [-0.39, 0.29) is 18.9 Å². The van der Waals surface area contributed by atoms with Gasteiger partial charge >= 0.3 is 0 Å². The van der Waals surface area contributed by atoms with E-state index in [0.717, 1.165) is 11.1 Å². The molecule has 11 heteroatoms. The number of aromatic nitrogens is 6. The molecule has 1 aromatic carbocycles. The lowest BCUT2D eigenvalue weighted by Crippen LogP contribution is -2.35. The molecule has 0 fully saturated rings. The summed E-state index contributed by atoms with van der Waals surface area (Å²) < 4.78 is 34.5. The van der Waals surface area contributed by atoms with Gasteiger partial charge in [-0.25, -0.2) is 18.4 Å². The Labute approximate surface area is 192 Å². The standard InChI is InChI=1S/C22H21N7O3S.H2/c1-15-20(22-27-26-21(32-22)17-6-4-3-5-7-17)25-18(12-23-15)16-8-10-29(11-9-16)33(30,31)19-13-28(2)14-24-19;/h3-8,12-14H,9-11H2,1-2H3;1H. The Morgan fingerprint density at radius 3 is 2.58 bits per heavy atom. The van der Waals surface area contributed by atoms with Gasteiger partial charge in [0.15, 0.2) is 5.03 Å². The molecule has 33 heavy (non-hydrogen) atoms. The Hall–Kier alpha value is -3.70. The van der Waals surface area contributed by atoms with Crippen molar-refractivity contribution in [3.8, 4) is 23.0 Å². The van der Waals surface area contributed by atoms with Gasteiger partial charge in [0.25, 0.3) is 15.9 Å². The van der Waals surface area contributed by atoms with Crippen LogP contribution >= 0.6 is 0 Å². The highest BCUT2D eigenvalue weighted by molar-refractivity contribution is 7.89. The van der Waals surface area contributed by atoms with Crippen LogP contribution < -0.4 is 0 Å². The number of benzene rings is 1. The Morgan fingerprint density at radius 2 is 1.88 bits per heavy atom. The van der Waals surface area contributed by atoms with Crippen molar-refractivity contribution in [2.75, 3.05) is 13.1 Å². The average molecular weight is 466 g/mol. The summed E-state index contributed by atoms with van der Waals surface area (Å²) in [4.78, 5) is 13.2. The van der Waals surface area contributed by atoms with Gasteiger partial charge in [0.1, 0.15) is 5.69 Å². The highest BCUT2D eigenvalue weighted by atomic mass is 32.2. The number of nitrogens with zero attached hydrogens (tertiary/aromatic N) is 7. The van der Waals surface area contributed by atoms with Crippen molar-refractivity contribution in [2.45, 2.75) is 18.4 Å². The third kappa shape index (κ3) is 4.08. The topological polar surface area (TPSA) is 120 Å². The molecule has 0 aliphatic carbocycles. The van der Waals surface area contributed by atoms with Gasteiger partial charge in [-0.15, -0.1) is 10.2 Å². The van der Waals surface area contributed by atoms with Crippen molar-refractivity contribution >= 4 is 15.6 Å². The Balaban J connectivity index is 0.00000274. The molecular formula is C22H23N7O3S. The summed E-state index contributed by atoms with van der Waals surface area (Å²) in [6, 6.07) is 9.50. The molecule has 10 nitrogen and oxygen atoms in total. The van der Waals surface area contributed by atoms with Crippen LogP contribution in [-0.2, 0) is 17.1 Å². The second-order valence-corrected chi connectivity index (χ2v) is 9.57. The third-order valence-electron chi connectivity index (χ3n) is 5.39. The molecule has 0 atom stereocenters. The van der Waals surface area contributed by atoms with Crippen LogP contribution in [0.1, 0.15) is 19.2 Å². The summed E-state index contributed by atoms with van der Waals surface area (Å²) in [7, 11) is -1.90. The lowest BCUT2D eigenvalue weighted by molar-refractivity contribution is 0.439. The predicted molar refractivity (Wildman–Crippen MR) is 122 cm³/mol. The van der Waals surface area contributed by atoms with E-state index in [9.17, 15) is 8.42 Å². The molecule has 0 unspecified atom stereocenters. The van der Waals surface area contributed by atoms with Crippen molar-refractivity contribution < 1.29 is 14.3 Å². The molecule has 0 saturated heterocycles. The molecule has 4 aromatic rings. The maximum atomic E-state index is 12.8. The maximum Gasteiger partial charge on any atom is 0.268 e. The largest absolute Gasteiger partial charge is 0.415 e. The molecule has 0 spiro atoms. The minimum absolute atomic E-state index is 0. The third-order valence-corrected chi connectivity index (χ3v) is 7.14. The van der Waals surface area contributed by atoms with Gasteiger partial charge < -0.3 is 8.98 Å². The lowest BCUT2D eigenvalue weighted by atomic mass is 10.1. The van der Waals surface area contributed by atoms with Gasteiger partial charge in [0, 0.05) is 33.3 Å². The molecule has 0 bridgehead atoms. The first-order valence-electron chi connectivity index (χ1n) is 10.3. The highest BCUT2D eigenvalue weighted by Gasteiger charge is 2.29. The lowest BCUT2D eigenvalue weighted by Gasteiger charge is -2.24. The Bertz CT molecular complexity index is 1450. The quantitative estimate of drug-likeness (QED) is 0.441. The van der Waals surface area contributed by atoms with Crippen LogP contribution in [0.3, 0.4) is 0 Å². The van der Waals surface area contributed by atoms with Gasteiger partial charge in [-0.3, -0.25) is 4.98 Å². The molecule has 4 heterocycles. The fraction of sp³-hybridized carbons (Fsp3) is 0.227. The van der Waals surface area contributed by atoms with E-state index in [4.69, 9.17) is 9.40 Å². The van der Waals surface area contributed by atoms with E-state index < -0.39 is 10.0 Å². The Morgan fingerprint density at radius 1 is 1.09 bits per heavy atom. The van der Waals surface area contributed by atoms with Crippen molar-refractivity contribution in [3.05, 3.63) is 66.5 Å². The monoisotopic (exact) mass is 465 g/mol. The molecule has 3 aromatic heterocycles. The second kappa shape index (κ2) is 8.34. The molecule has 170 valence electrons. The predicted octanol–water partition coefficient (Wildman–Crippen LogP) is 2.96. The highest BCUT2D eigenvalue weighted by Crippen LogP contribution is 2.28. The van der Waals surface area contributed by atoms with Crippen molar-refractivity contribution in [1.29, 1.82) is 0 Å². The van der Waals surface area contributed by atoms with Crippen molar-refractivity contribution in [1.82, 2.24) is 34.0 Å². The van der Waals surface area contributed by atoms with E-state index in [2.05, 4.69) is 20.2 Å². The van der Waals surface area contributed by atoms with Crippen LogP contribution in [0.4, 0.5) is 0 Å². The molecule has 0 amide bonds. The molecule has 0 radical (unpaired) electrons. The first kappa shape index (κ1) is 21.2. The summed E-state index contributed by atoms with van der Waals surface area (Å²) in [6.07, 6.45) is 7.02. The first-order valence-corrected chi connectivity index (χ1v) is 11.8. The Kier molecular flexibility index (Phi) is 5.35. The van der Waals surface area contributed by atoms with Crippen LogP contribution in [0.5, 0.6) is 0 Å². The number of imidazole rings is 1. The molecule has 0 N–H and O–H groups in total. The van der Waals surface area contributed by atoms with Gasteiger partial charge in [-0.1, -0.05) is 24.3 Å². The number of hydrogen-bond acceptors (Lipinski definition) is 8. The molecule has 1 aliphatic heterocycles. The van der Waals surface area contributed by atoms with Crippen LogP contribution in [0.2, 0.25) is 0 Å². The van der Waals surface area contributed by atoms with Crippen LogP contribution in [0.15, 0.2) is 64.6 Å². The zero-order chi connectivity index (χ0) is 23.0. The van der Waals surface area contributed by atoms with Crippen LogP contribution in [0, 0.1) is 6.92 Å². The van der Waals surface area contributed by atoms with Gasteiger partial charge in [-0.2, -0.15) is 4.31 Å². The SMILES string of the molecule is Cc1ncc(C2=CCN(S(=O)(=O)c3cn(C)cn3)CC2)nc1-c1nnc(-c2ccccc2)o1.[HH]. The average Bonchev–Trinajstić information content (AvgIpc) is 3.50. The maximum absolute atomic E-state index is 12.8. The minimum Gasteiger partial charge on any atom is -0.415 e. The van der Waals surface area contributed by atoms with Crippen LogP contribution in [0.25, 0.3) is 28.6 Å². The van der Waals surface area contributed by atoms with E-state index in [1.165, 1.54) is 16.8 Å². The number of rotatable bonds is 5. The van der Waals surface area contributed by atoms with Gasteiger partial charge in [0.05, 0.1) is 23.9 Å². The van der Waals surface area contributed by atoms with Gasteiger partial charge in [0.2, 0.25) is 5.89 Å². The number of hydrogen-bond donors (Lipinski definition) is 0. The van der Waals surface area contributed by atoms with Gasteiger partial charge in [-0.05, 0) is 31.1 Å². The summed E-state index contributed by atoms with van der Waals surface area (Å²) in [6.45, 7) is 2.39. The van der Waals surface area contributed by atoms with E-state index >= 15 is 0 Å². The normalized spacial score (nSPS) is 14.9. The fourth-order valence-corrected chi connectivity index (χ4v) is 4.93. The smallest absolute Gasteiger partial charge is 0.268 e. The molecular weight excluding hydrogens is 442 g/mol. The van der Waals surface area contributed by atoms with E-state index in [1.54, 1.807) is 17.8 Å². The van der Waals surface area contributed by atoms with Crippen LogP contribution in [-0.4, -0.2) is 55.5 Å². The molecule has 0 saturated carbocycles. The van der Waals surface area contributed by atoms with E-state index in [0.29, 0.717) is 35.9 Å². The first-order chi connectivity index (χ1) is 15.9. The number of aryl methyl sites for hydroxylation is 2. The van der Waals surface area contributed by atoms with Crippen molar-refractivity contribution in [2.24, 2.45) is 7.05 Å². The fourth-order valence-electron chi connectivity index (χ4n) is 3.58. The number of sulfonamides is 1. The summed E-state index contributed by atoms with van der Waals surface area (Å²) in [5.41, 5.74) is 3.57. The second-order valence-electron chi connectivity index (χ2n) is 7.69. The summed E-state index contributed by atoms with van der Waals surface area (Å²) >= 11 is 0. The molecule has 5 rings (SSSR count). The minimum atomic E-state index is -3.64. The summed E-state index contributed by atoms with van der Waals surface area (Å²) in [5, 5.41) is 8.33. The zero-order valence-electron chi connectivity index (χ0n) is 18.1. The zero-order valence-corrected chi connectivity index (χ0v) is 18.9. The summed E-state index contributed by atoms with van der Waals surface area (Å²) in [5.74, 6) is 0.695. The molecule has 1 aliphatic rings.